The maximum Gasteiger partial charge on any atom is 0.173 e. The summed E-state index contributed by atoms with van der Waals surface area (Å²) in [7, 11) is 0. The second-order valence-corrected chi connectivity index (χ2v) is 6.11. The average molecular weight is 290 g/mol. The molecule has 0 spiro atoms. The molecule has 2 nitrogen and oxygen atoms in total. The Kier molecular flexibility index (Phi) is 2.70. The summed E-state index contributed by atoms with van der Waals surface area (Å²) in [5.74, 6) is 1.68. The van der Waals surface area contributed by atoms with Gasteiger partial charge in [-0.05, 0) is 52.0 Å². The quantitative estimate of drug-likeness (QED) is 0.424. The zero-order valence-corrected chi connectivity index (χ0v) is 13.3. The van der Waals surface area contributed by atoms with Crippen molar-refractivity contribution < 1.29 is 8.83 Å². The largest absolute Gasteiger partial charge is 0.452 e. The molecule has 2 aromatic carbocycles. The molecule has 110 valence electrons. The van der Waals surface area contributed by atoms with Gasteiger partial charge in [-0.15, -0.1) is 0 Å². The molecule has 0 aliphatic rings. The van der Waals surface area contributed by atoms with Gasteiger partial charge in [0.15, 0.2) is 11.5 Å². The highest BCUT2D eigenvalue weighted by Crippen LogP contribution is 2.39. The van der Waals surface area contributed by atoms with E-state index >= 15 is 0 Å². The van der Waals surface area contributed by atoms with Crippen LogP contribution < -0.4 is 0 Å². The summed E-state index contributed by atoms with van der Waals surface area (Å²) >= 11 is 0. The molecule has 0 atom stereocenters. The summed E-state index contributed by atoms with van der Waals surface area (Å²) < 4.78 is 12.2. The van der Waals surface area contributed by atoms with E-state index in [1.807, 2.05) is 12.1 Å². The zero-order chi connectivity index (χ0) is 15.4. The Bertz CT molecular complexity index is 931. The first-order valence-electron chi connectivity index (χ1n) is 7.54. The van der Waals surface area contributed by atoms with Crippen LogP contribution in [0.2, 0.25) is 0 Å². The topological polar surface area (TPSA) is 26.3 Å². The minimum absolute atomic E-state index is 0.840. The molecule has 2 aromatic heterocycles. The Morgan fingerprint density at radius 1 is 0.591 bits per heavy atom. The second kappa shape index (κ2) is 4.51. The smallest absolute Gasteiger partial charge is 0.173 e. The standard InChI is InChI=1S/C20H18O2/c1-11-5-7-17-15(9-11)13(3)19(21-17)20-14(4)16-10-12(2)6-8-18(16)22-20/h5-10H,1-4H3. The Morgan fingerprint density at radius 2 is 1.00 bits per heavy atom. The fourth-order valence-corrected chi connectivity index (χ4v) is 3.10. The first-order valence-corrected chi connectivity index (χ1v) is 7.54. The van der Waals surface area contributed by atoms with Gasteiger partial charge in [-0.2, -0.15) is 0 Å². The van der Waals surface area contributed by atoms with Gasteiger partial charge in [-0.3, -0.25) is 0 Å². The van der Waals surface area contributed by atoms with Crippen LogP contribution >= 0.6 is 0 Å². The summed E-state index contributed by atoms with van der Waals surface area (Å²) in [5.41, 5.74) is 6.57. The first-order chi connectivity index (χ1) is 10.5. The SMILES string of the molecule is Cc1ccc2oc(-c3oc4ccc(C)cc4c3C)c(C)c2c1. The molecule has 0 aliphatic carbocycles. The van der Waals surface area contributed by atoms with Crippen LogP contribution in [0.3, 0.4) is 0 Å². The number of hydrogen-bond donors (Lipinski definition) is 0. The highest BCUT2D eigenvalue weighted by Gasteiger charge is 2.20. The fourth-order valence-electron chi connectivity index (χ4n) is 3.10. The number of hydrogen-bond acceptors (Lipinski definition) is 2. The van der Waals surface area contributed by atoms with Crippen molar-refractivity contribution in [2.24, 2.45) is 0 Å². The van der Waals surface area contributed by atoms with Crippen molar-refractivity contribution in [2.45, 2.75) is 27.7 Å². The molecule has 0 bridgehead atoms. The third kappa shape index (κ3) is 1.80. The molecule has 0 saturated heterocycles. The summed E-state index contributed by atoms with van der Waals surface area (Å²) in [4.78, 5) is 0. The van der Waals surface area contributed by atoms with Gasteiger partial charge in [0.05, 0.1) is 0 Å². The van der Waals surface area contributed by atoms with Crippen LogP contribution in [0.15, 0.2) is 45.2 Å². The van der Waals surface area contributed by atoms with Crippen molar-refractivity contribution in [3.63, 3.8) is 0 Å². The summed E-state index contributed by atoms with van der Waals surface area (Å²) in [6.07, 6.45) is 0. The lowest BCUT2D eigenvalue weighted by Gasteiger charge is -1.95. The van der Waals surface area contributed by atoms with Gasteiger partial charge in [0.2, 0.25) is 0 Å². The molecule has 0 radical (unpaired) electrons. The molecule has 0 unspecified atom stereocenters. The fraction of sp³-hybridized carbons (Fsp3) is 0.200. The van der Waals surface area contributed by atoms with E-state index in [2.05, 4.69) is 52.0 Å². The molecule has 2 heteroatoms. The Labute approximate surface area is 129 Å². The lowest BCUT2D eigenvalue weighted by Crippen LogP contribution is -1.78. The number of rotatable bonds is 1. The molecule has 0 saturated carbocycles. The van der Waals surface area contributed by atoms with E-state index in [4.69, 9.17) is 8.83 Å². The van der Waals surface area contributed by atoms with Crippen LogP contribution in [-0.4, -0.2) is 0 Å². The molecular formula is C20H18O2. The number of furan rings is 2. The molecule has 4 aromatic rings. The van der Waals surface area contributed by atoms with Gasteiger partial charge in [0.1, 0.15) is 11.2 Å². The van der Waals surface area contributed by atoms with E-state index in [1.54, 1.807) is 0 Å². The summed E-state index contributed by atoms with van der Waals surface area (Å²) in [6.45, 7) is 8.39. The Balaban J connectivity index is 2.03. The molecule has 0 aliphatic heterocycles. The Hall–Kier alpha value is -2.48. The van der Waals surface area contributed by atoms with Gasteiger partial charge in [-0.25, -0.2) is 0 Å². The Morgan fingerprint density at radius 3 is 1.41 bits per heavy atom. The van der Waals surface area contributed by atoms with E-state index in [1.165, 1.54) is 11.1 Å². The van der Waals surface area contributed by atoms with Gasteiger partial charge < -0.3 is 8.83 Å². The first kappa shape index (κ1) is 13.2. The summed E-state index contributed by atoms with van der Waals surface area (Å²) in [5, 5.41) is 2.32. The third-order valence-electron chi connectivity index (χ3n) is 4.39. The van der Waals surface area contributed by atoms with Crippen molar-refractivity contribution in [3.8, 4) is 11.5 Å². The maximum absolute atomic E-state index is 6.09. The van der Waals surface area contributed by atoms with E-state index in [0.717, 1.165) is 44.6 Å². The summed E-state index contributed by atoms with van der Waals surface area (Å²) in [6, 6.07) is 12.5. The van der Waals surface area contributed by atoms with Crippen molar-refractivity contribution in [1.29, 1.82) is 0 Å². The van der Waals surface area contributed by atoms with E-state index in [0.29, 0.717) is 0 Å². The normalized spacial score (nSPS) is 11.6. The number of benzene rings is 2. The average Bonchev–Trinajstić information content (AvgIpc) is 2.98. The molecule has 0 N–H and O–H groups in total. The lowest BCUT2D eigenvalue weighted by molar-refractivity contribution is 0.565. The monoisotopic (exact) mass is 290 g/mol. The zero-order valence-electron chi connectivity index (χ0n) is 13.3. The van der Waals surface area contributed by atoms with Crippen molar-refractivity contribution in [3.05, 3.63) is 58.7 Å². The number of aryl methyl sites for hydroxylation is 4. The van der Waals surface area contributed by atoms with Crippen LogP contribution in [0.1, 0.15) is 22.3 Å². The van der Waals surface area contributed by atoms with E-state index in [9.17, 15) is 0 Å². The van der Waals surface area contributed by atoms with Crippen molar-refractivity contribution >= 4 is 21.9 Å². The predicted octanol–water partition coefficient (Wildman–Crippen LogP) is 6.08. The second-order valence-electron chi connectivity index (χ2n) is 6.11. The minimum Gasteiger partial charge on any atom is -0.452 e. The molecule has 0 fully saturated rings. The van der Waals surface area contributed by atoms with Crippen LogP contribution in [0.25, 0.3) is 33.5 Å². The lowest BCUT2D eigenvalue weighted by atomic mass is 10.1. The molecule has 22 heavy (non-hydrogen) atoms. The third-order valence-corrected chi connectivity index (χ3v) is 4.39. The van der Waals surface area contributed by atoms with Crippen LogP contribution in [0.5, 0.6) is 0 Å². The molecule has 4 rings (SSSR count). The van der Waals surface area contributed by atoms with Crippen LogP contribution in [-0.2, 0) is 0 Å². The molecule has 0 amide bonds. The maximum atomic E-state index is 6.09. The van der Waals surface area contributed by atoms with Crippen molar-refractivity contribution in [2.75, 3.05) is 0 Å². The van der Waals surface area contributed by atoms with Crippen LogP contribution in [0, 0.1) is 27.7 Å². The molecule has 2 heterocycles. The number of fused-ring (bicyclic) bond motifs is 2. The highest BCUT2D eigenvalue weighted by atomic mass is 16.4. The molecular weight excluding hydrogens is 272 g/mol. The minimum atomic E-state index is 0.840. The highest BCUT2D eigenvalue weighted by molar-refractivity contribution is 5.92. The van der Waals surface area contributed by atoms with Crippen molar-refractivity contribution in [1.82, 2.24) is 0 Å². The van der Waals surface area contributed by atoms with E-state index < -0.39 is 0 Å². The van der Waals surface area contributed by atoms with Gasteiger partial charge in [-0.1, -0.05) is 23.3 Å². The van der Waals surface area contributed by atoms with E-state index in [-0.39, 0.29) is 0 Å². The van der Waals surface area contributed by atoms with Gasteiger partial charge in [0.25, 0.3) is 0 Å². The predicted molar refractivity (Wildman–Crippen MR) is 90.4 cm³/mol. The van der Waals surface area contributed by atoms with Gasteiger partial charge >= 0.3 is 0 Å². The van der Waals surface area contributed by atoms with Gasteiger partial charge in [0, 0.05) is 21.9 Å². The van der Waals surface area contributed by atoms with Crippen LogP contribution in [0.4, 0.5) is 0 Å².